The summed E-state index contributed by atoms with van der Waals surface area (Å²) in [4.78, 5) is 16.5. The highest BCUT2D eigenvalue weighted by atomic mass is 35.5. The molecule has 1 saturated heterocycles. The van der Waals surface area contributed by atoms with Gasteiger partial charge in [-0.3, -0.25) is 9.69 Å². The number of alkyl halides is 3. The van der Waals surface area contributed by atoms with Crippen LogP contribution in [-0.4, -0.2) is 55.7 Å². The summed E-state index contributed by atoms with van der Waals surface area (Å²) >= 11 is 6.23. The first-order chi connectivity index (χ1) is 12.8. The molecule has 150 valence electrons. The van der Waals surface area contributed by atoms with E-state index < -0.39 is 12.1 Å². The lowest BCUT2D eigenvalue weighted by molar-refractivity contribution is -0.184. The Balaban J connectivity index is 1.44. The van der Waals surface area contributed by atoms with Gasteiger partial charge in [0, 0.05) is 32.2 Å². The van der Waals surface area contributed by atoms with Gasteiger partial charge in [-0.25, -0.2) is 0 Å². The summed E-state index contributed by atoms with van der Waals surface area (Å²) in [6, 6.07) is 7.29. The number of piperazine rings is 1. The van der Waals surface area contributed by atoms with Crippen LogP contribution in [0.25, 0.3) is 0 Å². The first-order valence-corrected chi connectivity index (χ1v) is 9.78. The van der Waals surface area contributed by atoms with E-state index >= 15 is 0 Å². The van der Waals surface area contributed by atoms with E-state index in [0.29, 0.717) is 31.0 Å². The van der Waals surface area contributed by atoms with E-state index in [1.807, 2.05) is 29.2 Å². The van der Waals surface area contributed by atoms with Crippen LogP contribution in [0.2, 0.25) is 5.02 Å². The van der Waals surface area contributed by atoms with Crippen LogP contribution in [0.5, 0.6) is 0 Å². The highest BCUT2D eigenvalue weighted by molar-refractivity contribution is 6.33. The maximum Gasteiger partial charge on any atom is 0.391 e. The van der Waals surface area contributed by atoms with Crippen molar-refractivity contribution in [1.29, 1.82) is 0 Å². The predicted molar refractivity (Wildman–Crippen MR) is 100 cm³/mol. The molecule has 0 aromatic heterocycles. The number of carbonyl (C=O) groups is 1. The predicted octanol–water partition coefficient (Wildman–Crippen LogP) is 3.70. The lowest BCUT2D eigenvalue weighted by Crippen LogP contribution is -2.51. The maximum absolute atomic E-state index is 12.9. The van der Waals surface area contributed by atoms with Gasteiger partial charge >= 0.3 is 6.18 Å². The molecule has 3 rings (SSSR count). The van der Waals surface area contributed by atoms with Crippen LogP contribution >= 0.6 is 11.6 Å². The fourth-order valence-electron chi connectivity index (χ4n) is 3.95. The molecule has 2 atom stereocenters. The van der Waals surface area contributed by atoms with Gasteiger partial charge in [-0.2, -0.15) is 13.2 Å². The summed E-state index contributed by atoms with van der Waals surface area (Å²) in [5.74, 6) is -1.48. The van der Waals surface area contributed by atoms with Crippen molar-refractivity contribution in [3.8, 4) is 0 Å². The zero-order chi connectivity index (χ0) is 19.4. The molecular formula is C19H25ClF3N3O. The summed E-state index contributed by atoms with van der Waals surface area (Å²) in [7, 11) is 0. The number of nitrogens with zero attached hydrogens (tertiary/aromatic N) is 2. The lowest BCUT2D eigenvalue weighted by Gasteiger charge is -2.36. The minimum atomic E-state index is -4.17. The Bertz CT molecular complexity index is 647. The summed E-state index contributed by atoms with van der Waals surface area (Å²) in [5, 5.41) is 3.51. The highest BCUT2D eigenvalue weighted by Crippen LogP contribution is 2.37. The Labute approximate surface area is 162 Å². The van der Waals surface area contributed by atoms with Crippen molar-refractivity contribution in [3.63, 3.8) is 0 Å². The van der Waals surface area contributed by atoms with Crippen molar-refractivity contribution in [1.82, 2.24) is 10.2 Å². The number of nitrogens with one attached hydrogen (secondary N) is 1. The molecule has 1 saturated carbocycles. The number of hydrogen-bond donors (Lipinski definition) is 1. The zero-order valence-electron chi connectivity index (χ0n) is 15.1. The van der Waals surface area contributed by atoms with Gasteiger partial charge in [-0.15, -0.1) is 0 Å². The fourth-order valence-corrected chi connectivity index (χ4v) is 4.20. The normalized spacial score (nSPS) is 24.7. The van der Waals surface area contributed by atoms with Crippen LogP contribution in [0, 0.1) is 5.92 Å². The van der Waals surface area contributed by atoms with Crippen molar-refractivity contribution < 1.29 is 18.0 Å². The molecule has 2 fully saturated rings. The zero-order valence-corrected chi connectivity index (χ0v) is 15.9. The van der Waals surface area contributed by atoms with E-state index in [4.69, 9.17) is 11.6 Å². The number of halogens is 4. The van der Waals surface area contributed by atoms with E-state index in [1.54, 1.807) is 0 Å². The van der Waals surface area contributed by atoms with Crippen LogP contribution in [0.1, 0.15) is 25.7 Å². The molecular weight excluding hydrogens is 379 g/mol. The Morgan fingerprint density at radius 1 is 1.15 bits per heavy atom. The van der Waals surface area contributed by atoms with Crippen molar-refractivity contribution in [3.05, 3.63) is 29.3 Å². The monoisotopic (exact) mass is 403 g/mol. The third kappa shape index (κ3) is 5.51. The lowest BCUT2D eigenvalue weighted by atomic mass is 9.85. The van der Waals surface area contributed by atoms with Crippen LogP contribution in [0.15, 0.2) is 24.3 Å². The van der Waals surface area contributed by atoms with E-state index in [9.17, 15) is 18.0 Å². The number of amides is 1. The summed E-state index contributed by atoms with van der Waals surface area (Å²) in [6.07, 6.45) is -2.88. The van der Waals surface area contributed by atoms with E-state index in [-0.39, 0.29) is 31.3 Å². The average molecular weight is 404 g/mol. The Morgan fingerprint density at radius 2 is 1.85 bits per heavy atom. The molecule has 1 heterocycles. The second-order valence-corrected chi connectivity index (χ2v) is 7.79. The molecule has 1 N–H and O–H groups in total. The van der Waals surface area contributed by atoms with Gasteiger partial charge < -0.3 is 10.2 Å². The highest BCUT2D eigenvalue weighted by Gasteiger charge is 2.42. The molecule has 1 aliphatic heterocycles. The third-order valence-corrected chi connectivity index (χ3v) is 5.75. The van der Waals surface area contributed by atoms with Crippen LogP contribution in [0.4, 0.5) is 18.9 Å². The molecule has 0 spiro atoms. The van der Waals surface area contributed by atoms with Gasteiger partial charge in [0.2, 0.25) is 5.91 Å². The summed E-state index contributed by atoms with van der Waals surface area (Å²) in [5.41, 5.74) is 0.990. The third-order valence-electron chi connectivity index (χ3n) is 5.43. The number of anilines is 1. The largest absolute Gasteiger partial charge is 0.391 e. The molecule has 0 unspecified atom stereocenters. The molecule has 0 bridgehead atoms. The van der Waals surface area contributed by atoms with Gasteiger partial charge in [0.25, 0.3) is 0 Å². The second-order valence-electron chi connectivity index (χ2n) is 7.38. The Hall–Kier alpha value is -1.47. The second kappa shape index (κ2) is 8.69. The minimum absolute atomic E-state index is 0.00444. The quantitative estimate of drug-likeness (QED) is 0.832. The van der Waals surface area contributed by atoms with Crippen LogP contribution in [-0.2, 0) is 4.79 Å². The van der Waals surface area contributed by atoms with Gasteiger partial charge in [-0.1, -0.05) is 30.2 Å². The number of carbonyl (C=O) groups excluding carboxylic acids is 1. The SMILES string of the molecule is O=C(CN1CCN(c2ccccc2Cl)CC1)N[C@@H]1CCC[C@@H](C(F)(F)F)C1. The first kappa shape index (κ1) is 20.3. The summed E-state index contributed by atoms with van der Waals surface area (Å²) < 4.78 is 38.7. The topological polar surface area (TPSA) is 35.6 Å². The Morgan fingerprint density at radius 3 is 2.52 bits per heavy atom. The molecule has 1 aromatic rings. The van der Waals surface area contributed by atoms with E-state index in [2.05, 4.69) is 10.2 Å². The van der Waals surface area contributed by atoms with E-state index in [1.165, 1.54) is 0 Å². The molecule has 1 aromatic carbocycles. The minimum Gasteiger partial charge on any atom is -0.368 e. The van der Waals surface area contributed by atoms with Gasteiger partial charge in [0.15, 0.2) is 0 Å². The van der Waals surface area contributed by atoms with Crippen LogP contribution in [0.3, 0.4) is 0 Å². The number of benzene rings is 1. The fraction of sp³-hybridized carbons (Fsp3) is 0.632. The molecule has 1 aliphatic carbocycles. The summed E-state index contributed by atoms with van der Waals surface area (Å²) in [6.45, 7) is 3.18. The number of para-hydroxylation sites is 1. The van der Waals surface area contributed by atoms with Gasteiger partial charge in [0.1, 0.15) is 0 Å². The van der Waals surface area contributed by atoms with E-state index in [0.717, 1.165) is 18.8 Å². The van der Waals surface area contributed by atoms with Crippen molar-refractivity contribution in [2.24, 2.45) is 5.92 Å². The molecule has 27 heavy (non-hydrogen) atoms. The van der Waals surface area contributed by atoms with Gasteiger partial charge in [-0.05, 0) is 31.4 Å². The van der Waals surface area contributed by atoms with Crippen molar-refractivity contribution in [2.75, 3.05) is 37.6 Å². The number of hydrogen-bond acceptors (Lipinski definition) is 3. The maximum atomic E-state index is 12.9. The molecule has 0 radical (unpaired) electrons. The standard InChI is InChI=1S/C19H25ClF3N3O/c20-16-6-1-2-7-17(16)26-10-8-25(9-11-26)13-18(27)24-15-5-3-4-14(12-15)19(21,22)23/h1-2,6-7,14-15H,3-5,8-13H2,(H,24,27)/t14-,15-/m1/s1. The molecule has 1 amide bonds. The van der Waals surface area contributed by atoms with Crippen molar-refractivity contribution >= 4 is 23.2 Å². The van der Waals surface area contributed by atoms with Gasteiger partial charge in [0.05, 0.1) is 23.2 Å². The Kier molecular flexibility index (Phi) is 6.52. The average Bonchev–Trinajstić information content (AvgIpc) is 2.62. The molecule has 2 aliphatic rings. The smallest absolute Gasteiger partial charge is 0.368 e. The molecule has 4 nitrogen and oxygen atoms in total. The number of rotatable bonds is 4. The van der Waals surface area contributed by atoms with Crippen LogP contribution < -0.4 is 10.2 Å². The van der Waals surface area contributed by atoms with Crippen molar-refractivity contribution in [2.45, 2.75) is 37.9 Å². The molecule has 8 heteroatoms. The first-order valence-electron chi connectivity index (χ1n) is 9.41.